The zero-order valence-electron chi connectivity index (χ0n) is 31.1. The largest absolute Gasteiger partial charge is 0.456 e. The molecule has 0 N–H and O–H groups in total. The molecule has 0 bridgehead atoms. The van der Waals surface area contributed by atoms with E-state index in [1.807, 2.05) is 12.1 Å². The Morgan fingerprint density at radius 3 is 1.51 bits per heavy atom. The van der Waals surface area contributed by atoms with Gasteiger partial charge in [-0.25, -0.2) is 0 Å². The molecule has 1 heterocycles. The van der Waals surface area contributed by atoms with E-state index < -0.39 is 5.41 Å². The molecular weight excluding hydrogens is 691 g/mol. The first kappa shape index (κ1) is 31.9. The molecule has 266 valence electrons. The lowest BCUT2D eigenvalue weighted by molar-refractivity contribution is 0.669. The number of fused-ring (bicyclic) bond motifs is 13. The van der Waals surface area contributed by atoms with Gasteiger partial charge in [-0.3, -0.25) is 0 Å². The molecule has 2 nitrogen and oxygen atoms in total. The SMILES string of the molecule is c1ccc(-c2ccc(N(c3ccc(-c4ccc5c(c4)oc4ccccc45)cc3)c3cccc4c3-c3ccccc3C43c4ccccc4-c4ccccc43)cc2)cc1. The molecule has 57 heavy (non-hydrogen) atoms. The van der Waals surface area contributed by atoms with Crippen LogP contribution in [0.2, 0.25) is 0 Å². The van der Waals surface area contributed by atoms with Gasteiger partial charge < -0.3 is 9.32 Å². The van der Waals surface area contributed by atoms with E-state index >= 15 is 0 Å². The topological polar surface area (TPSA) is 16.4 Å². The Labute approximate surface area is 331 Å². The fraction of sp³-hybridized carbons (Fsp3) is 0.0182. The lowest BCUT2D eigenvalue weighted by Gasteiger charge is -2.32. The van der Waals surface area contributed by atoms with Crippen molar-refractivity contribution in [2.24, 2.45) is 0 Å². The van der Waals surface area contributed by atoms with Gasteiger partial charge in [0, 0.05) is 27.7 Å². The highest BCUT2D eigenvalue weighted by Crippen LogP contribution is 2.64. The molecule has 12 rings (SSSR count). The average Bonchev–Trinajstić information content (AvgIpc) is 3.91. The third kappa shape index (κ3) is 4.59. The molecular formula is C55H35NO. The number of rotatable bonds is 5. The van der Waals surface area contributed by atoms with Crippen LogP contribution in [0.3, 0.4) is 0 Å². The van der Waals surface area contributed by atoms with E-state index in [0.717, 1.165) is 50.1 Å². The fourth-order valence-electron chi connectivity index (χ4n) is 9.88. The minimum atomic E-state index is -0.420. The summed E-state index contributed by atoms with van der Waals surface area (Å²) in [6.07, 6.45) is 0. The van der Waals surface area contributed by atoms with E-state index in [2.05, 4.69) is 205 Å². The van der Waals surface area contributed by atoms with Gasteiger partial charge in [0.05, 0.1) is 11.1 Å². The number of anilines is 3. The maximum Gasteiger partial charge on any atom is 0.136 e. The molecule has 0 unspecified atom stereocenters. The highest BCUT2D eigenvalue weighted by Gasteiger charge is 2.52. The van der Waals surface area contributed by atoms with Crippen molar-refractivity contribution in [2.45, 2.75) is 5.41 Å². The molecule has 0 atom stereocenters. The first-order valence-corrected chi connectivity index (χ1v) is 19.7. The third-order valence-corrected chi connectivity index (χ3v) is 12.3. The number of para-hydroxylation sites is 1. The summed E-state index contributed by atoms with van der Waals surface area (Å²) >= 11 is 0. The Balaban J connectivity index is 1.05. The van der Waals surface area contributed by atoms with Crippen LogP contribution in [0.25, 0.3) is 66.4 Å². The van der Waals surface area contributed by atoms with E-state index in [1.54, 1.807) is 0 Å². The van der Waals surface area contributed by atoms with Gasteiger partial charge in [0.15, 0.2) is 0 Å². The summed E-state index contributed by atoms with van der Waals surface area (Å²) < 4.78 is 6.28. The summed E-state index contributed by atoms with van der Waals surface area (Å²) in [5.74, 6) is 0. The van der Waals surface area contributed by atoms with Gasteiger partial charge >= 0.3 is 0 Å². The minimum absolute atomic E-state index is 0.420. The molecule has 1 aromatic heterocycles. The van der Waals surface area contributed by atoms with E-state index in [4.69, 9.17) is 4.42 Å². The molecule has 2 aliphatic carbocycles. The van der Waals surface area contributed by atoms with Gasteiger partial charge in [-0.15, -0.1) is 0 Å². The maximum atomic E-state index is 6.28. The summed E-state index contributed by atoms with van der Waals surface area (Å²) in [5, 5.41) is 2.28. The Morgan fingerprint density at radius 2 is 0.825 bits per heavy atom. The van der Waals surface area contributed by atoms with E-state index in [0.29, 0.717) is 0 Å². The number of hydrogen-bond acceptors (Lipinski definition) is 2. The minimum Gasteiger partial charge on any atom is -0.456 e. The summed E-state index contributed by atoms with van der Waals surface area (Å²) in [7, 11) is 0. The van der Waals surface area contributed by atoms with Gasteiger partial charge in [0.25, 0.3) is 0 Å². The Bertz CT molecular complexity index is 3130. The molecule has 0 fully saturated rings. The number of nitrogens with zero attached hydrogens (tertiary/aromatic N) is 1. The highest BCUT2D eigenvalue weighted by molar-refractivity contribution is 6.06. The zero-order valence-corrected chi connectivity index (χ0v) is 31.1. The van der Waals surface area contributed by atoms with Crippen LogP contribution in [0.15, 0.2) is 217 Å². The van der Waals surface area contributed by atoms with Crippen molar-refractivity contribution < 1.29 is 4.42 Å². The molecule has 0 aliphatic heterocycles. The Morgan fingerprint density at radius 1 is 0.333 bits per heavy atom. The van der Waals surface area contributed by atoms with E-state index in [1.165, 1.54) is 55.6 Å². The van der Waals surface area contributed by atoms with Gasteiger partial charge in [0.2, 0.25) is 0 Å². The molecule has 1 spiro atoms. The normalized spacial score (nSPS) is 13.1. The monoisotopic (exact) mass is 725 g/mol. The van der Waals surface area contributed by atoms with Crippen LogP contribution in [0.4, 0.5) is 17.1 Å². The molecule has 9 aromatic carbocycles. The molecule has 2 heteroatoms. The second-order valence-corrected chi connectivity index (χ2v) is 15.2. The predicted molar refractivity (Wildman–Crippen MR) is 236 cm³/mol. The summed E-state index contributed by atoms with van der Waals surface area (Å²) in [6, 6.07) is 77.5. The smallest absolute Gasteiger partial charge is 0.136 e. The Hall–Kier alpha value is -7.42. The average molecular weight is 726 g/mol. The van der Waals surface area contributed by atoms with Crippen LogP contribution in [0.1, 0.15) is 22.3 Å². The van der Waals surface area contributed by atoms with Crippen molar-refractivity contribution in [3.63, 3.8) is 0 Å². The van der Waals surface area contributed by atoms with Crippen LogP contribution < -0.4 is 4.90 Å². The van der Waals surface area contributed by atoms with E-state index in [-0.39, 0.29) is 0 Å². The van der Waals surface area contributed by atoms with Gasteiger partial charge in [-0.1, -0.05) is 164 Å². The zero-order chi connectivity index (χ0) is 37.5. The highest BCUT2D eigenvalue weighted by atomic mass is 16.3. The van der Waals surface area contributed by atoms with Crippen LogP contribution in [-0.4, -0.2) is 0 Å². The quantitative estimate of drug-likeness (QED) is 0.176. The van der Waals surface area contributed by atoms with Gasteiger partial charge in [-0.05, 0) is 110 Å². The standard InChI is InChI=1S/C55H35NO/c1-2-13-36(14-3-1)37-25-30-40(31-26-37)56(41-32-27-38(28-33-41)39-29-34-45-44-17-7-11-24-52(44)57-53(45)35-39)51-23-12-22-50-54(51)46-18-6-10-21-49(46)55(50)47-19-8-4-15-42(47)43-16-5-9-20-48(43)55/h1-35H. The summed E-state index contributed by atoms with van der Waals surface area (Å²) in [4.78, 5) is 2.45. The van der Waals surface area contributed by atoms with Crippen molar-refractivity contribution in [1.82, 2.24) is 0 Å². The molecule has 0 saturated carbocycles. The Kier molecular flexibility index (Phi) is 6.88. The predicted octanol–water partition coefficient (Wildman–Crippen LogP) is 14.7. The lowest BCUT2D eigenvalue weighted by Crippen LogP contribution is -2.26. The maximum absolute atomic E-state index is 6.28. The second-order valence-electron chi connectivity index (χ2n) is 15.2. The van der Waals surface area contributed by atoms with E-state index in [9.17, 15) is 0 Å². The van der Waals surface area contributed by atoms with Crippen LogP contribution in [0.5, 0.6) is 0 Å². The molecule has 0 amide bonds. The van der Waals surface area contributed by atoms with Crippen molar-refractivity contribution in [1.29, 1.82) is 0 Å². The molecule has 10 aromatic rings. The van der Waals surface area contributed by atoms with Crippen LogP contribution in [-0.2, 0) is 5.41 Å². The van der Waals surface area contributed by atoms with Gasteiger partial charge in [-0.2, -0.15) is 0 Å². The second kappa shape index (κ2) is 12.3. The summed E-state index contributed by atoms with van der Waals surface area (Å²) in [6.45, 7) is 0. The number of hydrogen-bond donors (Lipinski definition) is 0. The first-order valence-electron chi connectivity index (χ1n) is 19.7. The number of benzene rings is 9. The van der Waals surface area contributed by atoms with Crippen molar-refractivity contribution >= 4 is 39.0 Å². The fourth-order valence-corrected chi connectivity index (χ4v) is 9.88. The summed E-state index contributed by atoms with van der Waals surface area (Å²) in [5.41, 5.74) is 19.9. The lowest BCUT2D eigenvalue weighted by atomic mass is 9.70. The molecule has 0 saturated heterocycles. The molecule has 2 aliphatic rings. The van der Waals surface area contributed by atoms with Crippen molar-refractivity contribution in [3.8, 4) is 44.5 Å². The number of furan rings is 1. The third-order valence-electron chi connectivity index (χ3n) is 12.3. The van der Waals surface area contributed by atoms with Crippen molar-refractivity contribution in [3.05, 3.63) is 235 Å². The first-order chi connectivity index (χ1) is 28.3. The van der Waals surface area contributed by atoms with Crippen LogP contribution >= 0.6 is 0 Å². The van der Waals surface area contributed by atoms with Gasteiger partial charge in [0.1, 0.15) is 11.2 Å². The van der Waals surface area contributed by atoms with Crippen LogP contribution in [0, 0.1) is 0 Å². The molecule has 0 radical (unpaired) electrons. The van der Waals surface area contributed by atoms with Crippen molar-refractivity contribution in [2.75, 3.05) is 4.90 Å².